The van der Waals surface area contributed by atoms with Crippen molar-refractivity contribution in [3.8, 4) is 5.75 Å². The van der Waals surface area contributed by atoms with Crippen LogP contribution < -0.4 is 10.5 Å². The molecule has 0 saturated carbocycles. The summed E-state index contributed by atoms with van der Waals surface area (Å²) < 4.78 is 5.88. The van der Waals surface area contributed by atoms with Crippen LogP contribution in [0.4, 0.5) is 0 Å². The average Bonchev–Trinajstić information content (AvgIpc) is 3.34. The number of likely N-dealkylation sites (tertiary alicyclic amines) is 1. The van der Waals surface area contributed by atoms with Gasteiger partial charge in [0.05, 0.1) is 6.61 Å². The lowest BCUT2D eigenvalue weighted by Crippen LogP contribution is -2.49. The number of rotatable bonds is 11. The van der Waals surface area contributed by atoms with E-state index in [9.17, 15) is 9.59 Å². The number of carbonyl (C=O) groups excluding carboxylic acids is 2. The summed E-state index contributed by atoms with van der Waals surface area (Å²) >= 11 is 0. The van der Waals surface area contributed by atoms with Crippen LogP contribution in [0.3, 0.4) is 0 Å². The second-order valence-corrected chi connectivity index (χ2v) is 8.91. The minimum atomic E-state index is -0.850. The van der Waals surface area contributed by atoms with Crippen LogP contribution in [0.2, 0.25) is 0 Å². The Morgan fingerprint density at radius 1 is 0.971 bits per heavy atom. The molecule has 1 saturated heterocycles. The molecule has 3 aromatic rings. The molecule has 4 rings (SSSR count). The van der Waals surface area contributed by atoms with E-state index < -0.39 is 5.41 Å². The molecule has 1 aliphatic rings. The monoisotopic (exact) mass is 456 g/mol. The van der Waals surface area contributed by atoms with Crippen molar-refractivity contribution in [1.29, 1.82) is 0 Å². The highest BCUT2D eigenvalue weighted by Gasteiger charge is 2.49. The summed E-state index contributed by atoms with van der Waals surface area (Å²) in [5.41, 5.74) is 8.24. The van der Waals surface area contributed by atoms with Gasteiger partial charge in [-0.1, -0.05) is 72.8 Å². The maximum atomic E-state index is 13.2. The second kappa shape index (κ2) is 11.1. The Bertz CT molecular complexity index is 1030. The normalized spacial score (nSPS) is 16.3. The molecule has 1 fully saturated rings. The van der Waals surface area contributed by atoms with Crippen LogP contribution in [0.1, 0.15) is 29.5 Å². The summed E-state index contributed by atoms with van der Waals surface area (Å²) in [6.07, 6.45) is 3.13. The van der Waals surface area contributed by atoms with Crippen molar-refractivity contribution in [1.82, 2.24) is 4.90 Å². The van der Waals surface area contributed by atoms with Gasteiger partial charge in [0, 0.05) is 19.5 Å². The smallest absolute Gasteiger partial charge is 0.232 e. The molecule has 5 nitrogen and oxygen atoms in total. The quantitative estimate of drug-likeness (QED) is 0.350. The molecule has 34 heavy (non-hydrogen) atoms. The van der Waals surface area contributed by atoms with Crippen molar-refractivity contribution in [3.05, 3.63) is 102 Å². The molecule has 1 amide bonds. The number of nitrogens with zero attached hydrogens (tertiary/aromatic N) is 1. The number of amides is 1. The standard InChI is InChI=1S/C29H32N2O3/c30-28(33)29(24-8-3-1-4-9-24,25-10-5-2-6-11-25)26-16-19-31(22-26)18-7-21-34-27-14-12-23(13-15-27)17-20-32/h1-6,8-15,20,26H,7,16-19,21-22H2,(H2,30,33). The first kappa shape index (κ1) is 23.7. The van der Waals surface area contributed by atoms with Crippen LogP contribution in [0.5, 0.6) is 5.75 Å². The zero-order valence-corrected chi connectivity index (χ0v) is 19.4. The lowest BCUT2D eigenvalue weighted by Gasteiger charge is -2.37. The van der Waals surface area contributed by atoms with Gasteiger partial charge < -0.3 is 20.2 Å². The number of ether oxygens (including phenoxy) is 1. The fraction of sp³-hybridized carbons (Fsp3) is 0.310. The van der Waals surface area contributed by atoms with Gasteiger partial charge in [0.1, 0.15) is 17.5 Å². The van der Waals surface area contributed by atoms with E-state index in [0.29, 0.717) is 13.0 Å². The minimum absolute atomic E-state index is 0.0982. The average molecular weight is 457 g/mol. The van der Waals surface area contributed by atoms with E-state index in [4.69, 9.17) is 10.5 Å². The van der Waals surface area contributed by atoms with Gasteiger partial charge in [0.2, 0.25) is 5.91 Å². The minimum Gasteiger partial charge on any atom is -0.494 e. The molecule has 1 unspecified atom stereocenters. The number of aldehydes is 1. The topological polar surface area (TPSA) is 72.6 Å². The molecule has 5 heteroatoms. The number of carbonyl (C=O) groups is 2. The molecular weight excluding hydrogens is 424 g/mol. The summed E-state index contributed by atoms with van der Waals surface area (Å²) in [5.74, 6) is 0.619. The van der Waals surface area contributed by atoms with Crippen molar-refractivity contribution >= 4 is 12.2 Å². The summed E-state index contributed by atoms with van der Waals surface area (Å²) in [4.78, 5) is 26.2. The van der Waals surface area contributed by atoms with Gasteiger partial charge in [-0.25, -0.2) is 0 Å². The van der Waals surface area contributed by atoms with Crippen LogP contribution in [0.15, 0.2) is 84.9 Å². The molecule has 1 aliphatic heterocycles. The van der Waals surface area contributed by atoms with Gasteiger partial charge in [-0.15, -0.1) is 0 Å². The van der Waals surface area contributed by atoms with Crippen molar-refractivity contribution < 1.29 is 14.3 Å². The van der Waals surface area contributed by atoms with Gasteiger partial charge in [-0.3, -0.25) is 4.79 Å². The van der Waals surface area contributed by atoms with Crippen LogP contribution in [-0.2, 0) is 21.4 Å². The van der Waals surface area contributed by atoms with Crippen molar-refractivity contribution in [2.75, 3.05) is 26.2 Å². The predicted molar refractivity (Wildman–Crippen MR) is 134 cm³/mol. The van der Waals surface area contributed by atoms with E-state index >= 15 is 0 Å². The molecule has 0 aromatic heterocycles. The zero-order chi connectivity index (χ0) is 23.8. The van der Waals surface area contributed by atoms with Gasteiger partial charge in [-0.05, 0) is 54.1 Å². The largest absolute Gasteiger partial charge is 0.494 e. The van der Waals surface area contributed by atoms with Crippen LogP contribution in [-0.4, -0.2) is 43.3 Å². The number of hydrogen-bond donors (Lipinski definition) is 1. The van der Waals surface area contributed by atoms with E-state index in [1.165, 1.54) is 0 Å². The first-order valence-electron chi connectivity index (χ1n) is 11.9. The summed E-state index contributed by atoms with van der Waals surface area (Å²) in [6, 6.07) is 27.6. The van der Waals surface area contributed by atoms with Gasteiger partial charge in [0.15, 0.2) is 0 Å². The predicted octanol–water partition coefficient (Wildman–Crippen LogP) is 3.99. The SMILES string of the molecule is NC(=O)C(c1ccccc1)(c1ccccc1)C1CCN(CCCOc2ccc(CC=O)cc2)C1. The van der Waals surface area contributed by atoms with Crippen LogP contribution in [0, 0.1) is 5.92 Å². The number of benzene rings is 3. The van der Waals surface area contributed by atoms with Gasteiger partial charge in [0.25, 0.3) is 0 Å². The Labute approximate surface area is 201 Å². The molecular formula is C29H32N2O3. The Balaban J connectivity index is 1.41. The van der Waals surface area contributed by atoms with Crippen molar-refractivity contribution in [2.24, 2.45) is 11.7 Å². The van der Waals surface area contributed by atoms with E-state index in [2.05, 4.69) is 4.90 Å². The number of primary amides is 1. The third kappa shape index (κ3) is 5.05. The van der Waals surface area contributed by atoms with E-state index in [0.717, 1.165) is 61.2 Å². The van der Waals surface area contributed by atoms with Gasteiger partial charge >= 0.3 is 0 Å². The molecule has 1 heterocycles. The Kier molecular flexibility index (Phi) is 7.76. The van der Waals surface area contributed by atoms with Crippen LogP contribution in [0.25, 0.3) is 0 Å². The van der Waals surface area contributed by atoms with Crippen molar-refractivity contribution in [2.45, 2.75) is 24.7 Å². The van der Waals surface area contributed by atoms with E-state index in [1.54, 1.807) is 0 Å². The Morgan fingerprint density at radius 2 is 1.59 bits per heavy atom. The molecule has 0 bridgehead atoms. The summed E-state index contributed by atoms with van der Waals surface area (Å²) in [6.45, 7) is 3.26. The highest BCUT2D eigenvalue weighted by atomic mass is 16.5. The Morgan fingerprint density at radius 3 is 2.15 bits per heavy atom. The fourth-order valence-corrected chi connectivity index (χ4v) is 5.21. The number of hydrogen-bond acceptors (Lipinski definition) is 4. The third-order valence-electron chi connectivity index (χ3n) is 6.86. The molecule has 1 atom stereocenters. The highest BCUT2D eigenvalue weighted by Crippen LogP contribution is 2.43. The lowest BCUT2D eigenvalue weighted by molar-refractivity contribution is -0.123. The molecule has 0 aliphatic carbocycles. The van der Waals surface area contributed by atoms with Gasteiger partial charge in [-0.2, -0.15) is 0 Å². The van der Waals surface area contributed by atoms with Crippen LogP contribution >= 0.6 is 0 Å². The van der Waals surface area contributed by atoms with E-state index in [-0.39, 0.29) is 11.8 Å². The molecule has 0 radical (unpaired) electrons. The first-order chi connectivity index (χ1) is 16.6. The lowest BCUT2D eigenvalue weighted by atomic mass is 9.64. The summed E-state index contributed by atoms with van der Waals surface area (Å²) in [7, 11) is 0. The third-order valence-corrected chi connectivity index (χ3v) is 6.86. The second-order valence-electron chi connectivity index (χ2n) is 8.91. The fourth-order valence-electron chi connectivity index (χ4n) is 5.21. The van der Waals surface area contributed by atoms with Crippen molar-refractivity contribution in [3.63, 3.8) is 0 Å². The summed E-state index contributed by atoms with van der Waals surface area (Å²) in [5, 5.41) is 0. The Hall–Kier alpha value is -3.44. The maximum Gasteiger partial charge on any atom is 0.232 e. The van der Waals surface area contributed by atoms with E-state index in [1.807, 2.05) is 84.9 Å². The highest BCUT2D eigenvalue weighted by molar-refractivity contribution is 5.91. The molecule has 0 spiro atoms. The molecule has 176 valence electrons. The number of nitrogens with two attached hydrogens (primary N) is 1. The maximum absolute atomic E-state index is 13.2. The molecule has 2 N–H and O–H groups in total. The molecule has 3 aromatic carbocycles. The zero-order valence-electron chi connectivity index (χ0n) is 19.4. The first-order valence-corrected chi connectivity index (χ1v) is 11.9.